The second kappa shape index (κ2) is 6.96. The van der Waals surface area contributed by atoms with Gasteiger partial charge in [0.25, 0.3) is 0 Å². The highest BCUT2D eigenvalue weighted by molar-refractivity contribution is 7.09. The zero-order chi connectivity index (χ0) is 16.2. The minimum Gasteiger partial charge on any atom is -0.356 e. The number of thiophene rings is 1. The fraction of sp³-hybridized carbons (Fsp3) is 0.333. The van der Waals surface area contributed by atoms with Crippen molar-refractivity contribution in [2.24, 2.45) is 0 Å². The van der Waals surface area contributed by atoms with E-state index in [1.165, 1.54) is 4.88 Å². The Balaban J connectivity index is 1.57. The molecule has 23 heavy (non-hydrogen) atoms. The van der Waals surface area contributed by atoms with Crippen molar-refractivity contribution in [2.45, 2.75) is 25.7 Å². The third kappa shape index (κ3) is 3.62. The van der Waals surface area contributed by atoms with E-state index >= 15 is 0 Å². The van der Waals surface area contributed by atoms with Gasteiger partial charge in [0.15, 0.2) is 0 Å². The molecule has 2 aromatic rings. The van der Waals surface area contributed by atoms with E-state index in [2.05, 4.69) is 11.4 Å². The highest BCUT2D eigenvalue weighted by Crippen LogP contribution is 2.37. The number of hydrogen-bond acceptors (Lipinski definition) is 3. The Morgan fingerprint density at radius 2 is 2.09 bits per heavy atom. The van der Waals surface area contributed by atoms with Gasteiger partial charge in [0, 0.05) is 42.9 Å². The summed E-state index contributed by atoms with van der Waals surface area (Å²) < 4.78 is 0. The van der Waals surface area contributed by atoms with E-state index in [0.717, 1.165) is 17.7 Å². The SMILES string of the molecule is CC(=O)N1CC(CC(=O)NCCc2cccs2)c2ccccc21. The Morgan fingerprint density at radius 1 is 1.26 bits per heavy atom. The molecule has 2 heterocycles. The molecule has 0 spiro atoms. The van der Waals surface area contributed by atoms with Crippen molar-refractivity contribution in [3.05, 3.63) is 52.2 Å². The van der Waals surface area contributed by atoms with Crippen LogP contribution in [0.5, 0.6) is 0 Å². The lowest BCUT2D eigenvalue weighted by atomic mass is 9.97. The van der Waals surface area contributed by atoms with Crippen LogP contribution in [0.2, 0.25) is 0 Å². The third-order valence-corrected chi connectivity index (χ3v) is 5.09. The number of amides is 2. The van der Waals surface area contributed by atoms with Crippen LogP contribution in [0, 0.1) is 0 Å². The van der Waals surface area contributed by atoms with Gasteiger partial charge in [-0.2, -0.15) is 0 Å². The van der Waals surface area contributed by atoms with E-state index in [1.54, 1.807) is 23.2 Å². The Hall–Kier alpha value is -2.14. The first kappa shape index (κ1) is 15.7. The van der Waals surface area contributed by atoms with E-state index in [9.17, 15) is 9.59 Å². The first-order valence-corrected chi connectivity index (χ1v) is 8.69. The maximum atomic E-state index is 12.2. The van der Waals surface area contributed by atoms with E-state index in [-0.39, 0.29) is 17.7 Å². The van der Waals surface area contributed by atoms with Gasteiger partial charge in [-0.05, 0) is 29.5 Å². The number of anilines is 1. The molecule has 0 aliphatic carbocycles. The molecular weight excluding hydrogens is 308 g/mol. The van der Waals surface area contributed by atoms with Gasteiger partial charge < -0.3 is 10.2 Å². The molecule has 0 saturated carbocycles. The summed E-state index contributed by atoms with van der Waals surface area (Å²) in [7, 11) is 0. The van der Waals surface area contributed by atoms with Crippen LogP contribution >= 0.6 is 11.3 Å². The van der Waals surface area contributed by atoms with Gasteiger partial charge in [-0.15, -0.1) is 11.3 Å². The largest absolute Gasteiger partial charge is 0.356 e. The van der Waals surface area contributed by atoms with Gasteiger partial charge in [-0.1, -0.05) is 24.3 Å². The number of para-hydroxylation sites is 1. The van der Waals surface area contributed by atoms with E-state index < -0.39 is 0 Å². The predicted molar refractivity (Wildman–Crippen MR) is 92.9 cm³/mol. The van der Waals surface area contributed by atoms with Crippen molar-refractivity contribution in [3.8, 4) is 0 Å². The summed E-state index contributed by atoms with van der Waals surface area (Å²) in [6, 6.07) is 12.0. The van der Waals surface area contributed by atoms with Gasteiger partial charge >= 0.3 is 0 Å². The summed E-state index contributed by atoms with van der Waals surface area (Å²) >= 11 is 1.71. The molecule has 1 unspecified atom stereocenters. The number of nitrogens with one attached hydrogen (secondary N) is 1. The summed E-state index contributed by atoms with van der Waals surface area (Å²) in [5, 5.41) is 5.03. The Bertz CT molecular complexity index is 697. The van der Waals surface area contributed by atoms with Crippen LogP contribution in [0.3, 0.4) is 0 Å². The fourth-order valence-electron chi connectivity index (χ4n) is 3.04. The maximum Gasteiger partial charge on any atom is 0.223 e. The number of hydrogen-bond donors (Lipinski definition) is 1. The molecule has 1 aliphatic heterocycles. The number of fused-ring (bicyclic) bond motifs is 1. The summed E-state index contributed by atoms with van der Waals surface area (Å²) in [5.41, 5.74) is 2.03. The van der Waals surface area contributed by atoms with Crippen LogP contribution in [0.4, 0.5) is 5.69 Å². The van der Waals surface area contributed by atoms with E-state index in [1.807, 2.05) is 35.7 Å². The predicted octanol–water partition coefficient (Wildman–Crippen LogP) is 2.95. The van der Waals surface area contributed by atoms with Crippen LogP contribution in [0.25, 0.3) is 0 Å². The summed E-state index contributed by atoms with van der Waals surface area (Å²) in [6.45, 7) is 2.82. The second-order valence-corrected chi connectivity index (χ2v) is 6.80. The van der Waals surface area contributed by atoms with Crippen LogP contribution in [0.1, 0.15) is 29.7 Å². The molecule has 1 aromatic carbocycles. The van der Waals surface area contributed by atoms with Crippen molar-refractivity contribution in [1.82, 2.24) is 5.32 Å². The third-order valence-electron chi connectivity index (χ3n) is 4.16. The van der Waals surface area contributed by atoms with Crippen LogP contribution < -0.4 is 10.2 Å². The molecule has 120 valence electrons. The smallest absolute Gasteiger partial charge is 0.223 e. The first-order chi connectivity index (χ1) is 11.1. The van der Waals surface area contributed by atoms with Gasteiger partial charge in [0.2, 0.25) is 11.8 Å². The number of carbonyl (C=O) groups excluding carboxylic acids is 2. The minimum atomic E-state index is 0.0260. The molecule has 2 amide bonds. The molecule has 1 atom stereocenters. The molecule has 0 radical (unpaired) electrons. The summed E-state index contributed by atoms with van der Waals surface area (Å²) in [5.74, 6) is 0.154. The topological polar surface area (TPSA) is 49.4 Å². The van der Waals surface area contributed by atoms with Crippen molar-refractivity contribution in [3.63, 3.8) is 0 Å². The number of rotatable bonds is 5. The van der Waals surface area contributed by atoms with E-state index in [0.29, 0.717) is 19.5 Å². The Morgan fingerprint density at radius 3 is 2.83 bits per heavy atom. The Kier molecular flexibility index (Phi) is 4.76. The monoisotopic (exact) mass is 328 g/mol. The molecule has 5 heteroatoms. The van der Waals surface area contributed by atoms with Gasteiger partial charge in [0.05, 0.1) is 0 Å². The average molecular weight is 328 g/mol. The normalized spacial score (nSPS) is 16.2. The zero-order valence-corrected chi connectivity index (χ0v) is 13.9. The quantitative estimate of drug-likeness (QED) is 0.917. The lowest BCUT2D eigenvalue weighted by Gasteiger charge is -2.15. The average Bonchev–Trinajstić information content (AvgIpc) is 3.16. The molecule has 0 bridgehead atoms. The lowest BCUT2D eigenvalue weighted by molar-refractivity contribution is -0.121. The van der Waals surface area contributed by atoms with Gasteiger partial charge in [-0.3, -0.25) is 9.59 Å². The standard InChI is InChI=1S/C18H20N2O2S/c1-13(21)20-12-14(16-6-2-3-7-17(16)20)11-18(22)19-9-8-15-5-4-10-23-15/h2-7,10,14H,8-9,11-12H2,1H3,(H,19,22). The highest BCUT2D eigenvalue weighted by Gasteiger charge is 2.31. The summed E-state index contributed by atoms with van der Waals surface area (Å²) in [6.07, 6.45) is 1.29. The van der Waals surface area contributed by atoms with Crippen LogP contribution in [0.15, 0.2) is 41.8 Å². The molecular formula is C18H20N2O2S. The highest BCUT2D eigenvalue weighted by atomic mass is 32.1. The number of nitrogens with zero attached hydrogens (tertiary/aromatic N) is 1. The Labute approximate surface area is 140 Å². The van der Waals surface area contributed by atoms with Crippen molar-refractivity contribution in [2.75, 3.05) is 18.0 Å². The summed E-state index contributed by atoms with van der Waals surface area (Å²) in [4.78, 5) is 27.0. The van der Waals surface area contributed by atoms with Crippen LogP contribution in [-0.2, 0) is 16.0 Å². The van der Waals surface area contributed by atoms with Crippen molar-refractivity contribution < 1.29 is 9.59 Å². The fourth-order valence-corrected chi connectivity index (χ4v) is 3.75. The molecule has 1 aromatic heterocycles. The van der Waals surface area contributed by atoms with Crippen LogP contribution in [-0.4, -0.2) is 24.9 Å². The van der Waals surface area contributed by atoms with Gasteiger partial charge in [0.1, 0.15) is 0 Å². The second-order valence-electron chi connectivity index (χ2n) is 5.77. The van der Waals surface area contributed by atoms with Crippen molar-refractivity contribution >= 4 is 28.8 Å². The molecule has 1 aliphatic rings. The van der Waals surface area contributed by atoms with E-state index in [4.69, 9.17) is 0 Å². The van der Waals surface area contributed by atoms with Crippen molar-refractivity contribution in [1.29, 1.82) is 0 Å². The zero-order valence-electron chi connectivity index (χ0n) is 13.1. The molecule has 1 N–H and O–H groups in total. The minimum absolute atomic E-state index is 0.0260. The maximum absolute atomic E-state index is 12.2. The first-order valence-electron chi connectivity index (χ1n) is 7.81. The molecule has 0 fully saturated rings. The molecule has 3 rings (SSSR count). The number of benzene rings is 1. The number of carbonyl (C=O) groups is 2. The van der Waals surface area contributed by atoms with Gasteiger partial charge in [-0.25, -0.2) is 0 Å². The lowest BCUT2D eigenvalue weighted by Crippen LogP contribution is -2.30. The molecule has 0 saturated heterocycles. The molecule has 4 nitrogen and oxygen atoms in total.